The average molecular weight is 659 g/mol. The SMILES string of the molecule is CCOc1cc(C=C2C(=O)N(c3ccccc3)C(=S)N(c3ccccc3)C2=O)cc(Br)c1OCc1cccc([N+](=O)[O-])c1. The largest absolute Gasteiger partial charge is 0.490 e. The van der Waals surface area contributed by atoms with E-state index < -0.39 is 16.7 Å². The molecule has 11 heteroatoms. The van der Waals surface area contributed by atoms with Gasteiger partial charge in [0.15, 0.2) is 16.6 Å². The summed E-state index contributed by atoms with van der Waals surface area (Å²) in [6.45, 7) is 2.18. The maximum atomic E-state index is 13.8. The number of rotatable bonds is 9. The van der Waals surface area contributed by atoms with Crippen molar-refractivity contribution < 1.29 is 24.0 Å². The number of thiocarbonyl (C=S) groups is 1. The molecule has 5 rings (SSSR count). The van der Waals surface area contributed by atoms with Gasteiger partial charge in [-0.15, -0.1) is 0 Å². The molecular weight excluding hydrogens is 634 g/mol. The lowest BCUT2D eigenvalue weighted by Gasteiger charge is -2.36. The number of carbonyl (C=O) groups excluding carboxylic acids is 2. The van der Waals surface area contributed by atoms with Crippen LogP contribution in [-0.2, 0) is 16.2 Å². The van der Waals surface area contributed by atoms with Crippen molar-refractivity contribution in [2.75, 3.05) is 16.4 Å². The minimum Gasteiger partial charge on any atom is -0.490 e. The lowest BCUT2D eigenvalue weighted by molar-refractivity contribution is -0.384. The second-order valence-corrected chi connectivity index (χ2v) is 10.5. The summed E-state index contributed by atoms with van der Waals surface area (Å²) in [6, 6.07) is 27.3. The average Bonchev–Trinajstić information content (AvgIpc) is 3.00. The summed E-state index contributed by atoms with van der Waals surface area (Å²) < 4.78 is 12.4. The number of carbonyl (C=O) groups is 2. The Hall–Kier alpha value is -4.87. The maximum Gasteiger partial charge on any atom is 0.270 e. The van der Waals surface area contributed by atoms with E-state index in [4.69, 9.17) is 21.7 Å². The molecule has 43 heavy (non-hydrogen) atoms. The molecule has 0 radical (unpaired) electrons. The minimum atomic E-state index is -0.562. The highest BCUT2D eigenvalue weighted by atomic mass is 79.9. The molecule has 9 nitrogen and oxygen atoms in total. The molecule has 0 bridgehead atoms. The number of ether oxygens (including phenoxy) is 2. The van der Waals surface area contributed by atoms with E-state index >= 15 is 0 Å². The van der Waals surface area contributed by atoms with Crippen molar-refractivity contribution in [3.63, 3.8) is 0 Å². The fourth-order valence-electron chi connectivity index (χ4n) is 4.50. The van der Waals surface area contributed by atoms with Crippen LogP contribution in [0, 0.1) is 10.1 Å². The van der Waals surface area contributed by atoms with Crippen molar-refractivity contribution in [1.29, 1.82) is 0 Å². The van der Waals surface area contributed by atoms with Crippen LogP contribution >= 0.6 is 28.1 Å². The first-order valence-electron chi connectivity index (χ1n) is 13.2. The number of para-hydroxylation sites is 2. The van der Waals surface area contributed by atoms with E-state index in [1.54, 1.807) is 72.8 Å². The fraction of sp³-hybridized carbons (Fsp3) is 0.0938. The van der Waals surface area contributed by atoms with Crippen LogP contribution in [-0.4, -0.2) is 28.5 Å². The van der Waals surface area contributed by atoms with Gasteiger partial charge >= 0.3 is 0 Å². The third-order valence-electron chi connectivity index (χ3n) is 6.43. The lowest BCUT2D eigenvalue weighted by atomic mass is 10.0. The zero-order chi connectivity index (χ0) is 30.5. The molecule has 4 aromatic carbocycles. The molecule has 1 saturated heterocycles. The number of hydrogen-bond acceptors (Lipinski definition) is 7. The molecule has 0 unspecified atom stereocenters. The highest BCUT2D eigenvalue weighted by Crippen LogP contribution is 2.39. The number of hydrogen-bond donors (Lipinski definition) is 0. The van der Waals surface area contributed by atoms with Gasteiger partial charge in [0.25, 0.3) is 17.5 Å². The second-order valence-electron chi connectivity index (χ2n) is 9.27. The summed E-state index contributed by atoms with van der Waals surface area (Å²) in [4.78, 5) is 41.0. The Bertz CT molecular complexity index is 1680. The van der Waals surface area contributed by atoms with Crippen LogP contribution in [0.2, 0.25) is 0 Å². The number of nitrogens with zero attached hydrogens (tertiary/aromatic N) is 3. The molecule has 0 N–H and O–H groups in total. The van der Waals surface area contributed by atoms with Gasteiger partial charge in [-0.25, -0.2) is 0 Å². The normalized spacial score (nSPS) is 13.3. The Balaban J connectivity index is 1.53. The third-order valence-corrected chi connectivity index (χ3v) is 7.38. The van der Waals surface area contributed by atoms with Crippen LogP contribution in [0.3, 0.4) is 0 Å². The maximum absolute atomic E-state index is 13.8. The van der Waals surface area contributed by atoms with E-state index in [1.165, 1.54) is 28.0 Å². The quantitative estimate of drug-likeness (QED) is 0.0623. The van der Waals surface area contributed by atoms with E-state index in [0.29, 0.717) is 45.1 Å². The van der Waals surface area contributed by atoms with Crippen LogP contribution in [0.1, 0.15) is 18.1 Å². The molecule has 2 amide bonds. The summed E-state index contributed by atoms with van der Waals surface area (Å²) >= 11 is 9.20. The van der Waals surface area contributed by atoms with Crippen molar-refractivity contribution in [3.8, 4) is 11.5 Å². The van der Waals surface area contributed by atoms with Gasteiger partial charge in [0, 0.05) is 12.1 Å². The van der Waals surface area contributed by atoms with Crippen molar-refractivity contribution in [2.45, 2.75) is 13.5 Å². The zero-order valence-electron chi connectivity index (χ0n) is 22.8. The smallest absolute Gasteiger partial charge is 0.270 e. The second kappa shape index (κ2) is 13.0. The highest BCUT2D eigenvalue weighted by Gasteiger charge is 2.41. The summed E-state index contributed by atoms with van der Waals surface area (Å²) in [5.41, 5.74) is 2.02. The molecule has 1 aliphatic heterocycles. The topological polar surface area (TPSA) is 102 Å². The molecule has 0 aliphatic carbocycles. The number of benzene rings is 4. The molecule has 0 saturated carbocycles. The van der Waals surface area contributed by atoms with E-state index in [-0.39, 0.29) is 23.0 Å². The van der Waals surface area contributed by atoms with Crippen molar-refractivity contribution in [2.24, 2.45) is 0 Å². The van der Waals surface area contributed by atoms with Gasteiger partial charge in [-0.05, 0) is 88.7 Å². The van der Waals surface area contributed by atoms with Crippen molar-refractivity contribution in [1.82, 2.24) is 0 Å². The predicted octanol–water partition coefficient (Wildman–Crippen LogP) is 7.08. The lowest BCUT2D eigenvalue weighted by Crippen LogP contribution is -2.56. The first-order chi connectivity index (χ1) is 20.8. The minimum absolute atomic E-state index is 0.0393. The van der Waals surface area contributed by atoms with E-state index in [2.05, 4.69) is 15.9 Å². The highest BCUT2D eigenvalue weighted by molar-refractivity contribution is 9.10. The van der Waals surface area contributed by atoms with Crippen LogP contribution in [0.4, 0.5) is 17.1 Å². The van der Waals surface area contributed by atoms with Crippen LogP contribution in [0.5, 0.6) is 11.5 Å². The summed E-state index contributed by atoms with van der Waals surface area (Å²) in [5.74, 6) is -0.392. The van der Waals surface area contributed by atoms with Crippen LogP contribution in [0.15, 0.2) is 107 Å². The van der Waals surface area contributed by atoms with E-state index in [1.807, 2.05) is 19.1 Å². The molecule has 0 atom stereocenters. The number of non-ortho nitro benzene ring substituents is 1. The van der Waals surface area contributed by atoms with Gasteiger partial charge in [0.2, 0.25) is 0 Å². The predicted molar refractivity (Wildman–Crippen MR) is 171 cm³/mol. The molecule has 1 aliphatic rings. The Morgan fingerprint density at radius 3 is 2.02 bits per heavy atom. The standard InChI is InChI=1S/C32H24BrN3O6S/c1-2-41-28-19-22(18-27(33)29(28)42-20-21-10-9-15-25(16-21)36(39)40)17-26-30(37)34(23-11-5-3-6-12-23)32(43)35(31(26)38)24-13-7-4-8-14-24/h3-19H,2,20H2,1H3. The fourth-order valence-corrected chi connectivity index (χ4v) is 5.45. The number of anilines is 2. The van der Waals surface area contributed by atoms with Crippen molar-refractivity contribution in [3.05, 3.63) is 128 Å². The number of halogens is 1. The third kappa shape index (κ3) is 6.32. The number of amides is 2. The molecule has 0 aromatic heterocycles. The Morgan fingerprint density at radius 1 is 0.860 bits per heavy atom. The van der Waals surface area contributed by atoms with Gasteiger partial charge in [0.05, 0.1) is 27.4 Å². The molecule has 4 aromatic rings. The molecule has 1 heterocycles. The molecular formula is C32H24BrN3O6S. The molecule has 1 fully saturated rings. The van der Waals surface area contributed by atoms with E-state index in [9.17, 15) is 19.7 Å². The van der Waals surface area contributed by atoms with Crippen molar-refractivity contribution >= 4 is 68.2 Å². The van der Waals surface area contributed by atoms with Gasteiger partial charge < -0.3 is 9.47 Å². The first-order valence-corrected chi connectivity index (χ1v) is 14.4. The molecule has 0 spiro atoms. The first kappa shape index (κ1) is 29.6. The van der Waals surface area contributed by atoms with Gasteiger partial charge in [0.1, 0.15) is 12.2 Å². The Kier molecular flexibility index (Phi) is 8.93. The Morgan fingerprint density at radius 2 is 1.47 bits per heavy atom. The van der Waals surface area contributed by atoms with E-state index in [0.717, 1.165) is 0 Å². The summed E-state index contributed by atoms with van der Waals surface area (Å²) in [7, 11) is 0. The van der Waals surface area contributed by atoms with Gasteiger partial charge in [-0.3, -0.25) is 29.5 Å². The summed E-state index contributed by atoms with van der Waals surface area (Å²) in [6.07, 6.45) is 1.50. The summed E-state index contributed by atoms with van der Waals surface area (Å²) in [5, 5.41) is 11.2. The monoisotopic (exact) mass is 657 g/mol. The Labute approximate surface area is 261 Å². The van der Waals surface area contributed by atoms with Crippen LogP contribution < -0.4 is 19.3 Å². The number of nitro benzene ring substituents is 1. The van der Waals surface area contributed by atoms with Gasteiger partial charge in [-0.1, -0.05) is 48.5 Å². The molecule has 216 valence electrons. The van der Waals surface area contributed by atoms with Gasteiger partial charge in [-0.2, -0.15) is 0 Å². The zero-order valence-corrected chi connectivity index (χ0v) is 25.2. The number of nitro groups is 1. The van der Waals surface area contributed by atoms with Crippen LogP contribution in [0.25, 0.3) is 6.08 Å².